The van der Waals surface area contributed by atoms with Crippen LogP contribution in [0.15, 0.2) is 17.5 Å². The number of nitrogens with zero attached hydrogens (tertiary/aromatic N) is 2. The fourth-order valence-corrected chi connectivity index (χ4v) is 2.91. The maximum atomic E-state index is 6.18. The maximum Gasteiger partial charge on any atom is 0.0216 e. The Morgan fingerprint density at radius 3 is 2.75 bits per heavy atom. The predicted molar refractivity (Wildman–Crippen MR) is 69.9 cm³/mol. The van der Waals surface area contributed by atoms with Crippen LogP contribution in [0.25, 0.3) is 0 Å². The second-order valence-corrected chi connectivity index (χ2v) is 5.68. The maximum absolute atomic E-state index is 6.18. The van der Waals surface area contributed by atoms with Gasteiger partial charge in [0.25, 0.3) is 0 Å². The third-order valence-corrected chi connectivity index (χ3v) is 4.03. The standard InChI is InChI=1S/C12H21N3S/c1-14-4-6-15(7-5-14)10-11(13)9-12-3-2-8-16-12/h2-3,8,11H,4-7,9-10,13H2,1H3. The van der Waals surface area contributed by atoms with Crippen LogP contribution in [0.3, 0.4) is 0 Å². The smallest absolute Gasteiger partial charge is 0.0216 e. The van der Waals surface area contributed by atoms with Crippen molar-refractivity contribution in [1.82, 2.24) is 9.80 Å². The molecule has 1 unspecified atom stereocenters. The van der Waals surface area contributed by atoms with Gasteiger partial charge in [0, 0.05) is 43.6 Å². The highest BCUT2D eigenvalue weighted by atomic mass is 32.1. The van der Waals surface area contributed by atoms with Gasteiger partial charge in [0.1, 0.15) is 0 Å². The highest BCUT2D eigenvalue weighted by molar-refractivity contribution is 7.09. The summed E-state index contributed by atoms with van der Waals surface area (Å²) in [5.41, 5.74) is 6.18. The van der Waals surface area contributed by atoms with Crippen LogP contribution < -0.4 is 5.73 Å². The van der Waals surface area contributed by atoms with Gasteiger partial charge in [-0.2, -0.15) is 0 Å². The molecule has 2 rings (SSSR count). The van der Waals surface area contributed by atoms with Gasteiger partial charge >= 0.3 is 0 Å². The van der Waals surface area contributed by atoms with Gasteiger partial charge in [0.05, 0.1) is 0 Å². The normalized spacial score (nSPS) is 21.1. The molecule has 0 radical (unpaired) electrons. The van der Waals surface area contributed by atoms with E-state index in [2.05, 4.69) is 34.4 Å². The van der Waals surface area contributed by atoms with E-state index < -0.39 is 0 Å². The number of hydrogen-bond acceptors (Lipinski definition) is 4. The minimum atomic E-state index is 0.280. The molecule has 0 amide bonds. The highest BCUT2D eigenvalue weighted by Gasteiger charge is 2.16. The van der Waals surface area contributed by atoms with Crippen molar-refractivity contribution < 1.29 is 0 Å². The first-order valence-corrected chi connectivity index (χ1v) is 6.81. The van der Waals surface area contributed by atoms with Crippen molar-refractivity contribution in [1.29, 1.82) is 0 Å². The number of hydrogen-bond donors (Lipinski definition) is 1. The molecule has 1 aromatic heterocycles. The molecule has 0 bridgehead atoms. The molecule has 2 heterocycles. The van der Waals surface area contributed by atoms with Gasteiger partial charge in [-0.1, -0.05) is 6.07 Å². The fraction of sp³-hybridized carbons (Fsp3) is 0.667. The van der Waals surface area contributed by atoms with Gasteiger partial charge < -0.3 is 10.6 Å². The molecule has 4 heteroatoms. The Balaban J connectivity index is 1.72. The molecular formula is C12H21N3S. The van der Waals surface area contributed by atoms with E-state index >= 15 is 0 Å². The summed E-state index contributed by atoms with van der Waals surface area (Å²) in [7, 11) is 2.18. The monoisotopic (exact) mass is 239 g/mol. The summed E-state index contributed by atoms with van der Waals surface area (Å²) in [6, 6.07) is 4.55. The van der Waals surface area contributed by atoms with E-state index in [4.69, 9.17) is 5.73 Å². The van der Waals surface area contributed by atoms with E-state index in [1.807, 2.05) is 0 Å². The van der Waals surface area contributed by atoms with Crippen LogP contribution in [0.1, 0.15) is 4.88 Å². The van der Waals surface area contributed by atoms with Crippen LogP contribution in [-0.4, -0.2) is 55.6 Å². The molecule has 1 aliphatic rings. The lowest BCUT2D eigenvalue weighted by Crippen LogP contribution is -2.48. The van der Waals surface area contributed by atoms with E-state index in [9.17, 15) is 0 Å². The Bertz CT molecular complexity index is 291. The molecule has 3 nitrogen and oxygen atoms in total. The van der Waals surface area contributed by atoms with E-state index in [-0.39, 0.29) is 6.04 Å². The van der Waals surface area contributed by atoms with E-state index in [0.29, 0.717) is 0 Å². The van der Waals surface area contributed by atoms with Crippen LogP contribution >= 0.6 is 11.3 Å². The molecule has 2 N–H and O–H groups in total. The molecule has 0 aromatic carbocycles. The van der Waals surface area contributed by atoms with Crippen molar-refractivity contribution >= 4 is 11.3 Å². The first kappa shape index (κ1) is 12.0. The van der Waals surface area contributed by atoms with E-state index in [0.717, 1.165) is 26.1 Å². The van der Waals surface area contributed by atoms with Gasteiger partial charge in [-0.05, 0) is 24.9 Å². The predicted octanol–water partition coefficient (Wildman–Crippen LogP) is 0.865. The lowest BCUT2D eigenvalue weighted by Gasteiger charge is -2.33. The van der Waals surface area contributed by atoms with Gasteiger partial charge in [0.15, 0.2) is 0 Å². The molecule has 0 aliphatic carbocycles. The Morgan fingerprint density at radius 1 is 1.38 bits per heavy atom. The third-order valence-electron chi connectivity index (χ3n) is 3.13. The molecule has 0 saturated carbocycles. The van der Waals surface area contributed by atoms with Crippen LogP contribution in [0, 0.1) is 0 Å². The number of nitrogens with two attached hydrogens (primary N) is 1. The zero-order valence-electron chi connectivity index (χ0n) is 9.93. The average Bonchev–Trinajstić information content (AvgIpc) is 2.74. The summed E-state index contributed by atoms with van der Waals surface area (Å²) in [4.78, 5) is 6.26. The molecule has 1 aromatic rings. The van der Waals surface area contributed by atoms with Crippen LogP contribution in [0.2, 0.25) is 0 Å². The molecular weight excluding hydrogens is 218 g/mol. The number of thiophene rings is 1. The van der Waals surface area contributed by atoms with Crippen LogP contribution in [0.4, 0.5) is 0 Å². The van der Waals surface area contributed by atoms with Gasteiger partial charge in [-0.3, -0.25) is 4.90 Å². The summed E-state index contributed by atoms with van der Waals surface area (Å²) in [6.45, 7) is 5.70. The highest BCUT2D eigenvalue weighted by Crippen LogP contribution is 2.11. The molecule has 1 fully saturated rings. The largest absolute Gasteiger partial charge is 0.326 e. The molecule has 1 saturated heterocycles. The summed E-state index contributed by atoms with van der Waals surface area (Å²) in [5, 5.41) is 2.12. The summed E-state index contributed by atoms with van der Waals surface area (Å²) in [5.74, 6) is 0. The van der Waals surface area contributed by atoms with Crippen molar-refractivity contribution in [2.24, 2.45) is 5.73 Å². The molecule has 90 valence electrons. The summed E-state index contributed by atoms with van der Waals surface area (Å²) in [6.07, 6.45) is 1.02. The van der Waals surface area contributed by atoms with Gasteiger partial charge in [0.2, 0.25) is 0 Å². The summed E-state index contributed by atoms with van der Waals surface area (Å²) >= 11 is 1.81. The van der Waals surface area contributed by atoms with Gasteiger partial charge in [-0.25, -0.2) is 0 Å². The third kappa shape index (κ3) is 3.56. The Morgan fingerprint density at radius 2 is 2.12 bits per heavy atom. The quantitative estimate of drug-likeness (QED) is 0.846. The first-order chi connectivity index (χ1) is 7.74. The number of rotatable bonds is 4. The van der Waals surface area contributed by atoms with Crippen molar-refractivity contribution in [2.75, 3.05) is 39.8 Å². The van der Waals surface area contributed by atoms with Crippen molar-refractivity contribution in [3.8, 4) is 0 Å². The Kier molecular flexibility index (Phi) is 4.35. The lowest BCUT2D eigenvalue weighted by molar-refractivity contribution is 0.147. The second-order valence-electron chi connectivity index (χ2n) is 4.65. The number of piperazine rings is 1. The minimum Gasteiger partial charge on any atom is -0.326 e. The number of likely N-dealkylation sites (N-methyl/N-ethyl adjacent to an activating group) is 1. The van der Waals surface area contributed by atoms with Crippen LogP contribution in [0.5, 0.6) is 0 Å². The average molecular weight is 239 g/mol. The Hall–Kier alpha value is -0.420. The SMILES string of the molecule is CN1CCN(CC(N)Cc2cccs2)CC1. The molecule has 0 spiro atoms. The van der Waals surface area contributed by atoms with Gasteiger partial charge in [-0.15, -0.1) is 11.3 Å². The van der Waals surface area contributed by atoms with Crippen molar-refractivity contribution in [3.63, 3.8) is 0 Å². The van der Waals surface area contributed by atoms with Crippen LogP contribution in [-0.2, 0) is 6.42 Å². The van der Waals surface area contributed by atoms with Crippen molar-refractivity contribution in [3.05, 3.63) is 22.4 Å². The molecule has 16 heavy (non-hydrogen) atoms. The first-order valence-electron chi connectivity index (χ1n) is 5.93. The van der Waals surface area contributed by atoms with E-state index in [1.54, 1.807) is 11.3 Å². The summed E-state index contributed by atoms with van der Waals surface area (Å²) < 4.78 is 0. The second kappa shape index (κ2) is 5.77. The topological polar surface area (TPSA) is 32.5 Å². The Labute approximate surface area is 102 Å². The molecule has 1 aliphatic heterocycles. The zero-order valence-corrected chi connectivity index (χ0v) is 10.7. The van der Waals surface area contributed by atoms with E-state index in [1.165, 1.54) is 18.0 Å². The minimum absolute atomic E-state index is 0.280. The molecule has 1 atom stereocenters. The lowest BCUT2D eigenvalue weighted by atomic mass is 10.1. The van der Waals surface area contributed by atoms with Crippen molar-refractivity contribution in [2.45, 2.75) is 12.5 Å². The fourth-order valence-electron chi connectivity index (χ4n) is 2.11. The zero-order chi connectivity index (χ0) is 11.4.